The molecule has 0 N–H and O–H groups in total. The Balaban J connectivity index is 1.26. The zero-order valence-corrected chi connectivity index (χ0v) is 16.7. The van der Waals surface area contributed by atoms with Gasteiger partial charge in [0.15, 0.2) is 23.2 Å². The summed E-state index contributed by atoms with van der Waals surface area (Å²) in [5, 5.41) is 0. The maximum atomic E-state index is 13.9. The van der Waals surface area contributed by atoms with E-state index >= 15 is 0 Å². The predicted molar refractivity (Wildman–Crippen MR) is 107 cm³/mol. The summed E-state index contributed by atoms with van der Waals surface area (Å²) in [5.41, 5.74) is 0.326. The van der Waals surface area contributed by atoms with Gasteiger partial charge in [-0.15, -0.1) is 0 Å². The van der Waals surface area contributed by atoms with E-state index in [0.29, 0.717) is 49.6 Å². The second-order valence-electron chi connectivity index (χ2n) is 7.37. The Labute approximate surface area is 177 Å². The molecule has 5 nitrogen and oxygen atoms in total. The number of benzene rings is 2. The number of likely N-dealkylation sites (tertiary alicyclic amines) is 1. The van der Waals surface area contributed by atoms with Gasteiger partial charge in [-0.1, -0.05) is 12.1 Å². The zero-order chi connectivity index (χ0) is 21.8. The molecule has 0 spiro atoms. The van der Waals surface area contributed by atoms with Crippen molar-refractivity contribution < 1.29 is 27.1 Å². The van der Waals surface area contributed by atoms with Gasteiger partial charge in [0, 0.05) is 44.8 Å². The Morgan fingerprint density at radius 1 is 1.10 bits per heavy atom. The van der Waals surface area contributed by atoms with E-state index in [1.807, 2.05) is 0 Å². The SMILES string of the molecule is O=C(CCc1ncc(-c2ccccc2F)o1)N1CCC(Oc2ccc(F)cc2F)CC1. The van der Waals surface area contributed by atoms with E-state index in [-0.39, 0.29) is 24.2 Å². The maximum absolute atomic E-state index is 13.9. The molecule has 0 radical (unpaired) electrons. The normalized spacial score (nSPS) is 14.6. The molecule has 4 rings (SSSR count). The zero-order valence-electron chi connectivity index (χ0n) is 16.7. The highest BCUT2D eigenvalue weighted by Gasteiger charge is 2.25. The first-order valence-corrected chi connectivity index (χ1v) is 10.1. The van der Waals surface area contributed by atoms with Crippen LogP contribution in [-0.4, -0.2) is 35.0 Å². The van der Waals surface area contributed by atoms with Crippen molar-refractivity contribution >= 4 is 5.91 Å². The lowest BCUT2D eigenvalue weighted by atomic mass is 10.1. The van der Waals surface area contributed by atoms with Gasteiger partial charge in [-0.05, 0) is 24.3 Å². The van der Waals surface area contributed by atoms with Crippen LogP contribution in [0.25, 0.3) is 11.3 Å². The molecule has 2 heterocycles. The molecule has 0 unspecified atom stereocenters. The molecule has 1 saturated heterocycles. The smallest absolute Gasteiger partial charge is 0.223 e. The number of ether oxygens (including phenoxy) is 1. The highest BCUT2D eigenvalue weighted by Crippen LogP contribution is 2.25. The first-order chi connectivity index (χ1) is 15.0. The average Bonchev–Trinajstić information content (AvgIpc) is 3.24. The number of aromatic nitrogens is 1. The molecule has 2 aromatic carbocycles. The van der Waals surface area contributed by atoms with Crippen molar-refractivity contribution in [1.82, 2.24) is 9.88 Å². The van der Waals surface area contributed by atoms with E-state index in [4.69, 9.17) is 9.15 Å². The summed E-state index contributed by atoms with van der Waals surface area (Å²) in [6.07, 6.45) is 2.85. The molecule has 1 aromatic heterocycles. The van der Waals surface area contributed by atoms with E-state index in [1.165, 1.54) is 18.3 Å². The fraction of sp³-hybridized carbons (Fsp3) is 0.304. The summed E-state index contributed by atoms with van der Waals surface area (Å²) in [7, 11) is 0. The van der Waals surface area contributed by atoms with E-state index in [2.05, 4.69) is 4.98 Å². The summed E-state index contributed by atoms with van der Waals surface area (Å²) in [6, 6.07) is 9.47. The fourth-order valence-corrected chi connectivity index (χ4v) is 3.56. The summed E-state index contributed by atoms with van der Waals surface area (Å²) in [6.45, 7) is 0.969. The third kappa shape index (κ3) is 5.07. The van der Waals surface area contributed by atoms with Crippen LogP contribution in [0.1, 0.15) is 25.2 Å². The number of amides is 1. The number of halogens is 3. The van der Waals surface area contributed by atoms with Crippen molar-refractivity contribution in [3.8, 4) is 17.1 Å². The largest absolute Gasteiger partial charge is 0.487 e. The number of aryl methyl sites for hydroxylation is 1. The van der Waals surface area contributed by atoms with Crippen molar-refractivity contribution in [2.45, 2.75) is 31.8 Å². The minimum absolute atomic E-state index is 0.0146. The maximum Gasteiger partial charge on any atom is 0.223 e. The fourth-order valence-electron chi connectivity index (χ4n) is 3.56. The first-order valence-electron chi connectivity index (χ1n) is 10.1. The number of oxazole rings is 1. The molecular weight excluding hydrogens is 409 g/mol. The van der Waals surface area contributed by atoms with Gasteiger partial charge in [0.2, 0.25) is 5.91 Å². The number of hydrogen-bond donors (Lipinski definition) is 0. The third-order valence-electron chi connectivity index (χ3n) is 5.23. The van der Waals surface area contributed by atoms with Gasteiger partial charge in [0.1, 0.15) is 17.7 Å². The van der Waals surface area contributed by atoms with Gasteiger partial charge < -0.3 is 14.1 Å². The molecule has 1 amide bonds. The molecule has 162 valence electrons. The van der Waals surface area contributed by atoms with Crippen LogP contribution < -0.4 is 4.74 Å². The van der Waals surface area contributed by atoms with Gasteiger partial charge in [-0.3, -0.25) is 4.79 Å². The van der Waals surface area contributed by atoms with Crippen LogP contribution in [0.4, 0.5) is 13.2 Å². The number of nitrogens with zero attached hydrogens (tertiary/aromatic N) is 2. The molecule has 1 aliphatic heterocycles. The van der Waals surface area contributed by atoms with Gasteiger partial charge in [0.25, 0.3) is 0 Å². The van der Waals surface area contributed by atoms with E-state index < -0.39 is 17.5 Å². The standard InChI is InChI=1S/C23H21F3N2O3/c24-15-5-6-20(19(26)13-15)30-16-9-11-28(12-10-16)23(29)8-7-22-27-14-21(31-22)17-3-1-2-4-18(17)25/h1-6,13-14,16H,7-12H2. The lowest BCUT2D eigenvalue weighted by molar-refractivity contribution is -0.133. The quantitative estimate of drug-likeness (QED) is 0.566. The Morgan fingerprint density at radius 2 is 1.87 bits per heavy atom. The molecule has 8 heteroatoms. The average molecular weight is 430 g/mol. The van der Waals surface area contributed by atoms with Crippen molar-refractivity contribution in [2.75, 3.05) is 13.1 Å². The van der Waals surface area contributed by atoms with Crippen LogP contribution >= 0.6 is 0 Å². The lowest BCUT2D eigenvalue weighted by Crippen LogP contribution is -2.41. The molecule has 1 aliphatic rings. The monoisotopic (exact) mass is 430 g/mol. The van der Waals surface area contributed by atoms with E-state index in [9.17, 15) is 18.0 Å². The number of piperidine rings is 1. The Morgan fingerprint density at radius 3 is 2.61 bits per heavy atom. The van der Waals surface area contributed by atoms with Gasteiger partial charge in [-0.25, -0.2) is 18.2 Å². The Hall–Kier alpha value is -3.29. The number of rotatable bonds is 6. The molecular formula is C23H21F3N2O3. The summed E-state index contributed by atoms with van der Waals surface area (Å²) in [5.74, 6) is -1.12. The summed E-state index contributed by atoms with van der Waals surface area (Å²) < 4.78 is 51.8. The van der Waals surface area contributed by atoms with Crippen LogP contribution in [0, 0.1) is 17.5 Å². The number of hydrogen-bond acceptors (Lipinski definition) is 4. The number of carbonyl (C=O) groups excluding carboxylic acids is 1. The first kappa shape index (κ1) is 21.0. The summed E-state index contributed by atoms with van der Waals surface area (Å²) in [4.78, 5) is 18.4. The van der Waals surface area contributed by atoms with Crippen LogP contribution in [0.2, 0.25) is 0 Å². The van der Waals surface area contributed by atoms with Gasteiger partial charge >= 0.3 is 0 Å². The molecule has 0 aliphatic carbocycles. The molecule has 1 fully saturated rings. The highest BCUT2D eigenvalue weighted by molar-refractivity contribution is 5.76. The van der Waals surface area contributed by atoms with Crippen molar-refractivity contribution in [3.05, 3.63) is 72.0 Å². The molecule has 0 bridgehead atoms. The number of carbonyl (C=O) groups is 1. The highest BCUT2D eigenvalue weighted by atomic mass is 19.1. The van der Waals surface area contributed by atoms with Crippen LogP contribution in [0.15, 0.2) is 53.1 Å². The van der Waals surface area contributed by atoms with Crippen molar-refractivity contribution in [2.24, 2.45) is 0 Å². The molecule has 3 aromatic rings. The second kappa shape index (κ2) is 9.24. The Bertz CT molecular complexity index is 1060. The van der Waals surface area contributed by atoms with Crippen molar-refractivity contribution in [3.63, 3.8) is 0 Å². The van der Waals surface area contributed by atoms with E-state index in [1.54, 1.807) is 23.1 Å². The van der Waals surface area contributed by atoms with Crippen LogP contribution in [0.5, 0.6) is 5.75 Å². The van der Waals surface area contributed by atoms with Gasteiger partial charge in [-0.2, -0.15) is 0 Å². The molecule has 31 heavy (non-hydrogen) atoms. The van der Waals surface area contributed by atoms with Crippen LogP contribution in [0.3, 0.4) is 0 Å². The van der Waals surface area contributed by atoms with E-state index in [0.717, 1.165) is 12.1 Å². The third-order valence-corrected chi connectivity index (χ3v) is 5.23. The molecule has 0 saturated carbocycles. The second-order valence-corrected chi connectivity index (χ2v) is 7.37. The topological polar surface area (TPSA) is 55.6 Å². The summed E-state index contributed by atoms with van der Waals surface area (Å²) >= 11 is 0. The predicted octanol–water partition coefficient (Wildman–Crippen LogP) is 4.76. The van der Waals surface area contributed by atoms with Gasteiger partial charge in [0.05, 0.1) is 11.8 Å². The lowest BCUT2D eigenvalue weighted by Gasteiger charge is -2.32. The minimum atomic E-state index is -0.737. The van der Waals surface area contributed by atoms with Crippen molar-refractivity contribution in [1.29, 1.82) is 0 Å². The Kier molecular flexibility index (Phi) is 6.25. The molecule has 0 atom stereocenters. The van der Waals surface area contributed by atoms with Crippen LogP contribution in [-0.2, 0) is 11.2 Å². The minimum Gasteiger partial charge on any atom is -0.487 e.